The molecule has 0 spiro atoms. The molecule has 7 nitrogen and oxygen atoms in total. The molecule has 26 heavy (non-hydrogen) atoms. The van der Waals surface area contributed by atoms with E-state index >= 15 is 0 Å². The number of nitrogens with zero attached hydrogens (tertiary/aromatic N) is 1. The molecule has 0 saturated heterocycles. The van der Waals surface area contributed by atoms with E-state index in [0.717, 1.165) is 11.1 Å². The SMILES string of the molecule is COC(=O)c1ccc(COc2ccc(/C=N\NC(C)=O)cc2OC)cc1. The fourth-order valence-electron chi connectivity index (χ4n) is 2.10. The van der Waals surface area contributed by atoms with Gasteiger partial charge >= 0.3 is 5.97 Å². The standard InChI is InChI=1S/C19H20N2O5/c1-13(22)21-20-11-15-6-9-17(18(10-15)24-2)26-12-14-4-7-16(8-5-14)19(23)25-3/h4-11H,12H2,1-3H3,(H,21,22)/b20-11-. The van der Waals surface area contributed by atoms with E-state index in [0.29, 0.717) is 23.7 Å². The third-order valence-electron chi connectivity index (χ3n) is 3.39. The van der Waals surface area contributed by atoms with Gasteiger partial charge in [-0.1, -0.05) is 12.1 Å². The summed E-state index contributed by atoms with van der Waals surface area (Å²) in [6.45, 7) is 1.70. The van der Waals surface area contributed by atoms with Crippen molar-refractivity contribution in [1.29, 1.82) is 0 Å². The zero-order valence-electron chi connectivity index (χ0n) is 14.8. The first kappa shape index (κ1) is 19.0. The number of esters is 1. The number of carbonyl (C=O) groups excluding carboxylic acids is 2. The van der Waals surface area contributed by atoms with Gasteiger partial charge in [0.25, 0.3) is 0 Å². The van der Waals surface area contributed by atoms with Crippen molar-refractivity contribution in [2.45, 2.75) is 13.5 Å². The normalized spacial score (nSPS) is 10.4. The van der Waals surface area contributed by atoms with E-state index in [2.05, 4.69) is 15.3 Å². The van der Waals surface area contributed by atoms with Gasteiger partial charge in [0.05, 0.1) is 26.0 Å². The lowest BCUT2D eigenvalue weighted by molar-refractivity contribution is -0.118. The minimum absolute atomic E-state index is 0.244. The Hall–Kier alpha value is -3.35. The molecule has 0 heterocycles. The number of hydrogen-bond acceptors (Lipinski definition) is 6. The molecule has 0 saturated carbocycles. The monoisotopic (exact) mass is 356 g/mol. The molecule has 2 rings (SSSR count). The van der Waals surface area contributed by atoms with Gasteiger partial charge in [0.2, 0.25) is 5.91 Å². The van der Waals surface area contributed by atoms with Crippen LogP contribution in [0.4, 0.5) is 0 Å². The summed E-state index contributed by atoms with van der Waals surface area (Å²) >= 11 is 0. The van der Waals surface area contributed by atoms with Crippen LogP contribution in [0, 0.1) is 0 Å². The fraction of sp³-hybridized carbons (Fsp3) is 0.211. The molecular formula is C19H20N2O5. The molecule has 0 aliphatic heterocycles. The lowest BCUT2D eigenvalue weighted by Gasteiger charge is -2.11. The molecule has 0 atom stereocenters. The van der Waals surface area contributed by atoms with Crippen molar-refractivity contribution in [3.63, 3.8) is 0 Å². The maximum Gasteiger partial charge on any atom is 0.337 e. The Morgan fingerprint density at radius 2 is 1.81 bits per heavy atom. The minimum Gasteiger partial charge on any atom is -0.493 e. The highest BCUT2D eigenvalue weighted by molar-refractivity contribution is 5.89. The van der Waals surface area contributed by atoms with Crippen LogP contribution in [0.1, 0.15) is 28.4 Å². The Morgan fingerprint density at radius 1 is 1.08 bits per heavy atom. The zero-order valence-corrected chi connectivity index (χ0v) is 14.8. The number of ether oxygens (including phenoxy) is 3. The smallest absolute Gasteiger partial charge is 0.337 e. The van der Waals surface area contributed by atoms with Crippen molar-refractivity contribution in [1.82, 2.24) is 5.43 Å². The largest absolute Gasteiger partial charge is 0.493 e. The van der Waals surface area contributed by atoms with Crippen molar-refractivity contribution in [2.24, 2.45) is 5.10 Å². The molecule has 0 aliphatic carbocycles. The second-order valence-corrected chi connectivity index (χ2v) is 5.31. The Balaban J connectivity index is 2.03. The van der Waals surface area contributed by atoms with Crippen molar-refractivity contribution >= 4 is 18.1 Å². The maximum absolute atomic E-state index is 11.4. The molecule has 0 bridgehead atoms. The molecule has 0 aromatic heterocycles. The molecule has 0 radical (unpaired) electrons. The van der Waals surface area contributed by atoms with Gasteiger partial charge in [0, 0.05) is 6.92 Å². The van der Waals surface area contributed by atoms with Gasteiger partial charge in [-0.3, -0.25) is 4.79 Å². The van der Waals surface area contributed by atoms with Crippen LogP contribution in [0.3, 0.4) is 0 Å². The molecule has 7 heteroatoms. The Labute approximate surface area is 151 Å². The highest BCUT2D eigenvalue weighted by atomic mass is 16.5. The van der Waals surface area contributed by atoms with Crippen LogP contribution in [0.25, 0.3) is 0 Å². The Bertz CT molecular complexity index is 800. The predicted octanol–water partition coefficient (Wildman–Crippen LogP) is 2.53. The van der Waals surface area contributed by atoms with E-state index in [4.69, 9.17) is 9.47 Å². The Kier molecular flexibility index (Phi) is 6.73. The summed E-state index contributed by atoms with van der Waals surface area (Å²) in [7, 11) is 2.89. The second-order valence-electron chi connectivity index (χ2n) is 5.31. The van der Waals surface area contributed by atoms with Crippen molar-refractivity contribution in [3.8, 4) is 11.5 Å². The predicted molar refractivity (Wildman–Crippen MR) is 96.5 cm³/mol. The van der Waals surface area contributed by atoms with E-state index in [1.165, 1.54) is 20.2 Å². The maximum atomic E-state index is 11.4. The molecular weight excluding hydrogens is 336 g/mol. The van der Waals surface area contributed by atoms with Crippen LogP contribution < -0.4 is 14.9 Å². The quantitative estimate of drug-likeness (QED) is 0.468. The van der Waals surface area contributed by atoms with Crippen LogP contribution in [-0.4, -0.2) is 32.3 Å². The first-order chi connectivity index (χ1) is 12.5. The second kappa shape index (κ2) is 9.22. The van der Waals surface area contributed by atoms with Crippen LogP contribution in [-0.2, 0) is 16.1 Å². The molecule has 0 aliphatic rings. The summed E-state index contributed by atoms with van der Waals surface area (Å²) in [6.07, 6.45) is 1.51. The van der Waals surface area contributed by atoms with Crippen LogP contribution in [0.2, 0.25) is 0 Å². The number of rotatable bonds is 7. The third-order valence-corrected chi connectivity index (χ3v) is 3.39. The van der Waals surface area contributed by atoms with Gasteiger partial charge in [-0.05, 0) is 41.5 Å². The lowest BCUT2D eigenvalue weighted by Crippen LogP contribution is -2.12. The van der Waals surface area contributed by atoms with E-state index in [1.54, 1.807) is 49.6 Å². The highest BCUT2D eigenvalue weighted by Gasteiger charge is 2.07. The molecule has 2 aromatic rings. The summed E-state index contributed by atoms with van der Waals surface area (Å²) in [5.74, 6) is 0.492. The van der Waals surface area contributed by atoms with Crippen LogP contribution >= 0.6 is 0 Å². The number of benzene rings is 2. The van der Waals surface area contributed by atoms with Gasteiger partial charge in [-0.25, -0.2) is 10.2 Å². The van der Waals surface area contributed by atoms with Crippen LogP contribution in [0.5, 0.6) is 11.5 Å². The summed E-state index contributed by atoms with van der Waals surface area (Å²) in [6, 6.07) is 12.3. The van der Waals surface area contributed by atoms with Gasteiger partial charge in [0.1, 0.15) is 6.61 Å². The molecule has 1 N–H and O–H groups in total. The number of methoxy groups -OCH3 is 2. The third kappa shape index (κ3) is 5.34. The number of carbonyl (C=O) groups is 2. The van der Waals surface area contributed by atoms with Gasteiger partial charge < -0.3 is 14.2 Å². The average Bonchev–Trinajstić information content (AvgIpc) is 2.66. The summed E-state index contributed by atoms with van der Waals surface area (Å²) < 4.78 is 15.8. The molecule has 1 amide bonds. The van der Waals surface area contributed by atoms with Crippen molar-refractivity contribution in [2.75, 3.05) is 14.2 Å². The van der Waals surface area contributed by atoms with E-state index < -0.39 is 0 Å². The molecule has 2 aromatic carbocycles. The van der Waals surface area contributed by atoms with E-state index in [-0.39, 0.29) is 11.9 Å². The van der Waals surface area contributed by atoms with Crippen molar-refractivity contribution < 1.29 is 23.8 Å². The minimum atomic E-state index is -0.379. The molecule has 0 fully saturated rings. The van der Waals surface area contributed by atoms with E-state index in [9.17, 15) is 9.59 Å². The van der Waals surface area contributed by atoms with Gasteiger partial charge in [0.15, 0.2) is 11.5 Å². The molecule has 136 valence electrons. The van der Waals surface area contributed by atoms with Gasteiger partial charge in [-0.15, -0.1) is 0 Å². The number of hydrogen-bond donors (Lipinski definition) is 1. The van der Waals surface area contributed by atoms with Crippen LogP contribution in [0.15, 0.2) is 47.6 Å². The number of amides is 1. The topological polar surface area (TPSA) is 86.2 Å². The molecule has 0 unspecified atom stereocenters. The fourth-order valence-corrected chi connectivity index (χ4v) is 2.10. The highest BCUT2D eigenvalue weighted by Crippen LogP contribution is 2.28. The lowest BCUT2D eigenvalue weighted by atomic mass is 10.1. The zero-order chi connectivity index (χ0) is 18.9. The summed E-state index contributed by atoms with van der Waals surface area (Å²) in [4.78, 5) is 22.2. The first-order valence-corrected chi connectivity index (χ1v) is 7.81. The summed E-state index contributed by atoms with van der Waals surface area (Å²) in [5, 5.41) is 3.81. The van der Waals surface area contributed by atoms with E-state index in [1.807, 2.05) is 0 Å². The van der Waals surface area contributed by atoms with Crippen molar-refractivity contribution in [3.05, 3.63) is 59.2 Å². The number of nitrogens with one attached hydrogen (secondary N) is 1. The Morgan fingerprint density at radius 3 is 2.42 bits per heavy atom. The number of hydrazone groups is 1. The van der Waals surface area contributed by atoms with Gasteiger partial charge in [-0.2, -0.15) is 5.10 Å². The summed E-state index contributed by atoms with van der Waals surface area (Å²) in [5.41, 5.74) is 4.47. The average molecular weight is 356 g/mol. The first-order valence-electron chi connectivity index (χ1n) is 7.81.